The Bertz CT molecular complexity index is 591. The molecule has 2 heteroatoms. The summed E-state index contributed by atoms with van der Waals surface area (Å²) >= 11 is 0. The van der Waals surface area contributed by atoms with Crippen molar-refractivity contribution in [3.05, 3.63) is 34.5 Å². The van der Waals surface area contributed by atoms with Gasteiger partial charge in [-0.25, -0.2) is 0 Å². The Kier molecular flexibility index (Phi) is 3.36. The summed E-state index contributed by atoms with van der Waals surface area (Å²) in [5.74, 6) is 0. The second-order valence-corrected chi connectivity index (χ2v) is 6.06. The number of benzene rings is 1. The number of nitrogens with one attached hydrogen (secondary N) is 2. The van der Waals surface area contributed by atoms with Crippen LogP contribution in [-0.4, -0.2) is 17.6 Å². The lowest BCUT2D eigenvalue weighted by Crippen LogP contribution is -2.17. The lowest BCUT2D eigenvalue weighted by atomic mass is 10.0. The second kappa shape index (κ2) is 5.01. The smallest absolute Gasteiger partial charge is 0.0488 e. The monoisotopic (exact) mass is 256 g/mol. The third-order valence-corrected chi connectivity index (χ3v) is 4.18. The van der Waals surface area contributed by atoms with E-state index in [-0.39, 0.29) is 0 Å². The fourth-order valence-electron chi connectivity index (χ4n) is 3.02. The third-order valence-electron chi connectivity index (χ3n) is 4.18. The maximum Gasteiger partial charge on any atom is 0.0488 e. The highest BCUT2D eigenvalue weighted by molar-refractivity contribution is 5.87. The van der Waals surface area contributed by atoms with Crippen LogP contribution in [0.15, 0.2) is 12.1 Å². The Hall–Kier alpha value is -1.28. The molecule has 0 radical (unpaired) electrons. The molecule has 1 aliphatic rings. The first-order valence-corrected chi connectivity index (χ1v) is 7.47. The first-order chi connectivity index (χ1) is 9.15. The molecule has 1 heterocycles. The van der Waals surface area contributed by atoms with E-state index < -0.39 is 0 Å². The largest absolute Gasteiger partial charge is 0.358 e. The molecule has 2 aromatic rings. The average Bonchev–Trinajstić information content (AvgIpc) is 3.11. The number of rotatable bonds is 5. The Morgan fingerprint density at radius 3 is 2.74 bits per heavy atom. The topological polar surface area (TPSA) is 27.8 Å². The van der Waals surface area contributed by atoms with E-state index in [0.29, 0.717) is 0 Å². The van der Waals surface area contributed by atoms with Gasteiger partial charge in [0, 0.05) is 22.6 Å². The summed E-state index contributed by atoms with van der Waals surface area (Å²) in [6.45, 7) is 7.75. The van der Waals surface area contributed by atoms with Gasteiger partial charge in [0.1, 0.15) is 0 Å². The summed E-state index contributed by atoms with van der Waals surface area (Å²) in [6, 6.07) is 5.42. The van der Waals surface area contributed by atoms with Gasteiger partial charge < -0.3 is 10.3 Å². The van der Waals surface area contributed by atoms with Gasteiger partial charge in [-0.1, -0.05) is 11.6 Å². The van der Waals surface area contributed by atoms with E-state index in [1.807, 2.05) is 0 Å². The molecule has 0 spiro atoms. The molecular weight excluding hydrogens is 232 g/mol. The van der Waals surface area contributed by atoms with E-state index in [1.54, 1.807) is 0 Å². The standard InChI is InChI=1S/C17H24N2/c1-11-9-12(2)17-16(10-11)15(13(3)19-17)5-4-8-18-14-6-7-14/h9-10,14,18-19H,4-8H2,1-3H3. The zero-order valence-corrected chi connectivity index (χ0v) is 12.3. The highest BCUT2D eigenvalue weighted by Crippen LogP contribution is 2.27. The Morgan fingerprint density at radius 1 is 1.21 bits per heavy atom. The summed E-state index contributed by atoms with van der Waals surface area (Å²) in [7, 11) is 0. The van der Waals surface area contributed by atoms with Crippen molar-refractivity contribution in [3.63, 3.8) is 0 Å². The van der Waals surface area contributed by atoms with E-state index in [4.69, 9.17) is 0 Å². The minimum Gasteiger partial charge on any atom is -0.358 e. The van der Waals surface area contributed by atoms with Crippen LogP contribution < -0.4 is 5.32 Å². The van der Waals surface area contributed by atoms with Crippen molar-refractivity contribution >= 4 is 10.9 Å². The molecule has 0 amide bonds. The Balaban J connectivity index is 1.78. The zero-order valence-electron chi connectivity index (χ0n) is 12.3. The minimum atomic E-state index is 0.827. The summed E-state index contributed by atoms with van der Waals surface area (Å²) < 4.78 is 0. The first kappa shape index (κ1) is 12.7. The van der Waals surface area contributed by atoms with Crippen molar-refractivity contribution in [3.8, 4) is 0 Å². The van der Waals surface area contributed by atoms with Crippen LogP contribution in [-0.2, 0) is 6.42 Å². The molecule has 0 saturated heterocycles. The van der Waals surface area contributed by atoms with Gasteiger partial charge in [0.05, 0.1) is 0 Å². The Morgan fingerprint density at radius 2 is 2.00 bits per heavy atom. The lowest BCUT2D eigenvalue weighted by molar-refractivity contribution is 0.646. The average molecular weight is 256 g/mol. The summed E-state index contributed by atoms with van der Waals surface area (Å²) in [6.07, 6.45) is 5.17. The van der Waals surface area contributed by atoms with Crippen LogP contribution in [0.1, 0.15) is 41.6 Å². The van der Waals surface area contributed by atoms with Gasteiger partial charge in [-0.15, -0.1) is 0 Å². The summed E-state index contributed by atoms with van der Waals surface area (Å²) in [4.78, 5) is 3.56. The van der Waals surface area contributed by atoms with Crippen molar-refractivity contribution in [1.82, 2.24) is 10.3 Å². The molecule has 1 fully saturated rings. The molecule has 19 heavy (non-hydrogen) atoms. The van der Waals surface area contributed by atoms with Crippen LogP contribution in [0, 0.1) is 20.8 Å². The predicted molar refractivity (Wildman–Crippen MR) is 81.9 cm³/mol. The van der Waals surface area contributed by atoms with Crippen LogP contribution >= 0.6 is 0 Å². The molecule has 0 bridgehead atoms. The normalized spacial score (nSPS) is 15.3. The van der Waals surface area contributed by atoms with Gasteiger partial charge in [0.25, 0.3) is 0 Å². The second-order valence-electron chi connectivity index (χ2n) is 6.06. The quantitative estimate of drug-likeness (QED) is 0.783. The molecule has 1 saturated carbocycles. The molecule has 2 nitrogen and oxygen atoms in total. The van der Waals surface area contributed by atoms with Crippen molar-refractivity contribution < 1.29 is 0 Å². The third kappa shape index (κ3) is 2.69. The zero-order chi connectivity index (χ0) is 13.4. The molecule has 1 aromatic heterocycles. The molecule has 0 aliphatic heterocycles. The number of aryl methyl sites for hydroxylation is 4. The van der Waals surface area contributed by atoms with Crippen LogP contribution in [0.2, 0.25) is 0 Å². The maximum atomic E-state index is 3.60. The van der Waals surface area contributed by atoms with Gasteiger partial charge in [-0.2, -0.15) is 0 Å². The molecule has 0 unspecified atom stereocenters. The maximum absolute atomic E-state index is 3.60. The number of aromatic nitrogens is 1. The number of hydrogen-bond acceptors (Lipinski definition) is 1. The van der Waals surface area contributed by atoms with Gasteiger partial charge in [-0.05, 0) is 70.2 Å². The molecule has 2 N–H and O–H groups in total. The number of aromatic amines is 1. The van der Waals surface area contributed by atoms with E-state index in [0.717, 1.165) is 12.6 Å². The summed E-state index contributed by atoms with van der Waals surface area (Å²) in [5.41, 5.74) is 6.91. The van der Waals surface area contributed by atoms with Gasteiger partial charge in [0.15, 0.2) is 0 Å². The summed E-state index contributed by atoms with van der Waals surface area (Å²) in [5, 5.41) is 5.03. The number of hydrogen-bond donors (Lipinski definition) is 2. The van der Waals surface area contributed by atoms with E-state index >= 15 is 0 Å². The first-order valence-electron chi connectivity index (χ1n) is 7.47. The lowest BCUT2D eigenvalue weighted by Gasteiger charge is -2.05. The number of fused-ring (bicyclic) bond motifs is 1. The molecule has 102 valence electrons. The van der Waals surface area contributed by atoms with Crippen molar-refractivity contribution in [1.29, 1.82) is 0 Å². The minimum absolute atomic E-state index is 0.827. The SMILES string of the molecule is Cc1cc(C)c2[nH]c(C)c(CCCNC3CC3)c2c1. The highest BCUT2D eigenvalue weighted by atomic mass is 14.9. The van der Waals surface area contributed by atoms with Crippen molar-refractivity contribution in [2.45, 2.75) is 52.5 Å². The molecule has 0 atom stereocenters. The number of H-pyrrole nitrogens is 1. The van der Waals surface area contributed by atoms with E-state index in [9.17, 15) is 0 Å². The van der Waals surface area contributed by atoms with Gasteiger partial charge in [-0.3, -0.25) is 0 Å². The Labute approximate surface area is 115 Å². The molecule has 1 aromatic carbocycles. The predicted octanol–water partition coefficient (Wildman–Crippen LogP) is 3.78. The highest BCUT2D eigenvalue weighted by Gasteiger charge is 2.19. The molecule has 1 aliphatic carbocycles. The van der Waals surface area contributed by atoms with Crippen LogP contribution in [0.4, 0.5) is 0 Å². The van der Waals surface area contributed by atoms with Gasteiger partial charge in [0.2, 0.25) is 0 Å². The van der Waals surface area contributed by atoms with E-state index in [2.05, 4.69) is 43.2 Å². The van der Waals surface area contributed by atoms with Crippen LogP contribution in [0.3, 0.4) is 0 Å². The molecule has 3 rings (SSSR count). The molecular formula is C17H24N2. The van der Waals surface area contributed by atoms with Crippen LogP contribution in [0.5, 0.6) is 0 Å². The van der Waals surface area contributed by atoms with E-state index in [1.165, 1.54) is 59.0 Å². The van der Waals surface area contributed by atoms with Crippen molar-refractivity contribution in [2.24, 2.45) is 0 Å². The van der Waals surface area contributed by atoms with Crippen LogP contribution in [0.25, 0.3) is 10.9 Å². The van der Waals surface area contributed by atoms with Gasteiger partial charge >= 0.3 is 0 Å². The van der Waals surface area contributed by atoms with Crippen molar-refractivity contribution in [2.75, 3.05) is 6.54 Å². The fourth-order valence-corrected chi connectivity index (χ4v) is 3.02. The fraction of sp³-hybridized carbons (Fsp3) is 0.529.